The Bertz CT molecular complexity index is 1070. The van der Waals surface area contributed by atoms with E-state index >= 15 is 0 Å². The minimum Gasteiger partial charge on any atom is -0.332 e. The van der Waals surface area contributed by atoms with Gasteiger partial charge in [0.25, 0.3) is 11.5 Å². The van der Waals surface area contributed by atoms with Gasteiger partial charge in [0.2, 0.25) is 5.91 Å². The number of aryl methyl sites for hydroxylation is 2. The first-order valence-electron chi connectivity index (χ1n) is 8.46. The van der Waals surface area contributed by atoms with E-state index in [-0.39, 0.29) is 18.0 Å². The summed E-state index contributed by atoms with van der Waals surface area (Å²) in [6.07, 6.45) is 2.80. The molecule has 0 spiro atoms. The molecule has 3 rings (SSSR count). The van der Waals surface area contributed by atoms with E-state index in [0.717, 1.165) is 16.8 Å². The van der Waals surface area contributed by atoms with Crippen LogP contribution in [0.5, 0.6) is 0 Å². The molecule has 0 radical (unpaired) electrons. The van der Waals surface area contributed by atoms with Gasteiger partial charge in [-0.2, -0.15) is 0 Å². The van der Waals surface area contributed by atoms with Crippen molar-refractivity contribution in [3.05, 3.63) is 75.8 Å². The Hall–Kier alpha value is -3.48. The number of para-hydroxylation sites is 1. The van der Waals surface area contributed by atoms with Gasteiger partial charge in [0, 0.05) is 25.1 Å². The number of hydrogen-bond acceptors (Lipinski definition) is 4. The van der Waals surface area contributed by atoms with Crippen molar-refractivity contribution in [2.75, 3.05) is 18.9 Å². The highest BCUT2D eigenvalue weighted by Gasteiger charge is 2.20. The van der Waals surface area contributed by atoms with Crippen LogP contribution < -0.4 is 10.9 Å². The van der Waals surface area contributed by atoms with Gasteiger partial charge < -0.3 is 10.2 Å². The van der Waals surface area contributed by atoms with Crippen molar-refractivity contribution in [3.8, 4) is 0 Å². The van der Waals surface area contributed by atoms with Gasteiger partial charge in [-0.3, -0.25) is 18.8 Å². The highest BCUT2D eigenvalue weighted by atomic mass is 16.2. The third-order valence-electron chi connectivity index (χ3n) is 4.32. The summed E-state index contributed by atoms with van der Waals surface area (Å²) in [7, 11) is 1.48. The molecule has 1 aromatic carbocycles. The summed E-state index contributed by atoms with van der Waals surface area (Å²) in [5.74, 6) is -0.889. The zero-order chi connectivity index (χ0) is 19.6. The number of likely N-dealkylation sites (N-methyl/N-ethyl adjacent to an activating group) is 1. The molecular formula is C20H20N4O3. The lowest BCUT2D eigenvalue weighted by molar-refractivity contribution is -0.116. The molecule has 27 heavy (non-hydrogen) atoms. The molecule has 2 heterocycles. The predicted octanol–water partition coefficient (Wildman–Crippen LogP) is 2.02. The van der Waals surface area contributed by atoms with Crippen molar-refractivity contribution in [1.82, 2.24) is 14.3 Å². The molecule has 0 unspecified atom stereocenters. The van der Waals surface area contributed by atoms with Gasteiger partial charge in [0.15, 0.2) is 0 Å². The van der Waals surface area contributed by atoms with Gasteiger partial charge in [0.1, 0.15) is 11.2 Å². The molecule has 1 N–H and O–H groups in total. The number of pyridine rings is 1. The molecule has 3 aromatic rings. The van der Waals surface area contributed by atoms with Gasteiger partial charge in [0.05, 0.1) is 6.54 Å². The van der Waals surface area contributed by atoms with Gasteiger partial charge in [-0.15, -0.1) is 0 Å². The molecule has 0 bridgehead atoms. The van der Waals surface area contributed by atoms with E-state index in [0.29, 0.717) is 5.65 Å². The summed E-state index contributed by atoms with van der Waals surface area (Å²) in [5, 5.41) is 2.83. The molecule has 0 saturated carbocycles. The molecule has 2 aromatic heterocycles. The molecule has 0 saturated heterocycles. The minimum absolute atomic E-state index is 0.0823. The largest absolute Gasteiger partial charge is 0.332 e. The average Bonchev–Trinajstić information content (AvgIpc) is 2.65. The first-order chi connectivity index (χ1) is 12.9. The fourth-order valence-corrected chi connectivity index (χ4v) is 2.86. The molecule has 0 fully saturated rings. The smallest absolute Gasteiger partial charge is 0.270 e. The van der Waals surface area contributed by atoms with E-state index in [9.17, 15) is 14.4 Å². The Morgan fingerprint density at radius 2 is 1.81 bits per heavy atom. The number of aromatic nitrogens is 2. The fraction of sp³-hybridized carbons (Fsp3) is 0.200. The fourth-order valence-electron chi connectivity index (χ4n) is 2.86. The summed E-state index contributed by atoms with van der Waals surface area (Å²) in [6, 6.07) is 10.8. The zero-order valence-electron chi connectivity index (χ0n) is 15.4. The van der Waals surface area contributed by atoms with Gasteiger partial charge in [-0.05, 0) is 37.1 Å². The summed E-state index contributed by atoms with van der Waals surface area (Å²) >= 11 is 0. The molecule has 7 heteroatoms. The van der Waals surface area contributed by atoms with Crippen molar-refractivity contribution in [2.45, 2.75) is 13.8 Å². The zero-order valence-corrected chi connectivity index (χ0v) is 15.4. The molecule has 0 aliphatic heterocycles. The van der Waals surface area contributed by atoms with Gasteiger partial charge >= 0.3 is 0 Å². The van der Waals surface area contributed by atoms with Crippen molar-refractivity contribution in [3.63, 3.8) is 0 Å². The number of nitrogens with zero attached hydrogens (tertiary/aromatic N) is 3. The standard InChI is InChI=1S/C20H20N4O3/c1-13-7-6-8-14(2)18(13)22-17(25)12-23(3)19(26)15-11-21-16-9-4-5-10-24(16)20(15)27/h4-11H,12H2,1-3H3,(H,22,25). The maximum Gasteiger partial charge on any atom is 0.270 e. The normalized spacial score (nSPS) is 10.6. The van der Waals surface area contributed by atoms with Crippen LogP contribution in [0.25, 0.3) is 5.65 Å². The van der Waals surface area contributed by atoms with Crippen LogP contribution in [0.1, 0.15) is 21.5 Å². The lowest BCUT2D eigenvalue weighted by Crippen LogP contribution is -2.38. The molecule has 2 amide bonds. The van der Waals surface area contributed by atoms with Crippen LogP contribution in [0.3, 0.4) is 0 Å². The Morgan fingerprint density at radius 1 is 1.11 bits per heavy atom. The minimum atomic E-state index is -0.553. The quantitative estimate of drug-likeness (QED) is 0.768. The number of rotatable bonds is 4. The first kappa shape index (κ1) is 18.3. The molecule has 0 aliphatic carbocycles. The molecular weight excluding hydrogens is 344 g/mol. The van der Waals surface area contributed by atoms with Crippen molar-refractivity contribution in [1.29, 1.82) is 0 Å². The van der Waals surface area contributed by atoms with E-state index in [2.05, 4.69) is 10.3 Å². The van der Waals surface area contributed by atoms with Gasteiger partial charge in [-0.25, -0.2) is 4.98 Å². The number of hydrogen-bond donors (Lipinski definition) is 1. The SMILES string of the molecule is Cc1cccc(C)c1NC(=O)CN(C)C(=O)c1cnc2ccccn2c1=O. The van der Waals surface area contributed by atoms with Crippen LogP contribution in [0.4, 0.5) is 5.69 Å². The Kier molecular flexibility index (Phi) is 5.03. The van der Waals surface area contributed by atoms with Crippen LogP contribution in [0.2, 0.25) is 0 Å². The molecule has 0 aliphatic rings. The number of amides is 2. The maximum absolute atomic E-state index is 12.6. The summed E-state index contributed by atoms with van der Waals surface area (Å²) in [5.41, 5.74) is 2.52. The third kappa shape index (κ3) is 3.72. The number of fused-ring (bicyclic) bond motifs is 1. The molecule has 7 nitrogen and oxygen atoms in total. The Balaban J connectivity index is 1.77. The lowest BCUT2D eigenvalue weighted by atomic mass is 10.1. The number of carbonyl (C=O) groups excluding carboxylic acids is 2. The van der Waals surface area contributed by atoms with Crippen LogP contribution in [-0.4, -0.2) is 39.7 Å². The van der Waals surface area contributed by atoms with E-state index in [1.54, 1.807) is 24.4 Å². The van der Waals surface area contributed by atoms with Crippen molar-refractivity contribution < 1.29 is 9.59 Å². The van der Waals surface area contributed by atoms with E-state index < -0.39 is 11.5 Å². The van der Waals surface area contributed by atoms with Crippen LogP contribution in [0.15, 0.2) is 53.6 Å². The summed E-state index contributed by atoms with van der Waals surface area (Å²) < 4.78 is 1.30. The average molecular weight is 364 g/mol. The van der Waals surface area contributed by atoms with Crippen molar-refractivity contribution in [2.24, 2.45) is 0 Å². The topological polar surface area (TPSA) is 83.8 Å². The molecule has 0 atom stereocenters. The number of benzene rings is 1. The van der Waals surface area contributed by atoms with E-state index in [1.165, 1.54) is 22.5 Å². The Labute approximate surface area is 156 Å². The first-order valence-corrected chi connectivity index (χ1v) is 8.46. The number of carbonyl (C=O) groups is 2. The van der Waals surface area contributed by atoms with Crippen LogP contribution >= 0.6 is 0 Å². The van der Waals surface area contributed by atoms with Gasteiger partial charge in [-0.1, -0.05) is 24.3 Å². The number of nitrogens with one attached hydrogen (secondary N) is 1. The second-order valence-corrected chi connectivity index (χ2v) is 6.38. The maximum atomic E-state index is 12.6. The third-order valence-corrected chi connectivity index (χ3v) is 4.32. The van der Waals surface area contributed by atoms with E-state index in [1.807, 2.05) is 32.0 Å². The Morgan fingerprint density at radius 3 is 2.52 bits per heavy atom. The lowest BCUT2D eigenvalue weighted by Gasteiger charge is -2.18. The monoisotopic (exact) mass is 364 g/mol. The highest BCUT2D eigenvalue weighted by Crippen LogP contribution is 2.19. The van der Waals surface area contributed by atoms with Crippen molar-refractivity contribution >= 4 is 23.1 Å². The highest BCUT2D eigenvalue weighted by molar-refractivity contribution is 5.99. The molecule has 138 valence electrons. The predicted molar refractivity (Wildman–Crippen MR) is 103 cm³/mol. The van der Waals surface area contributed by atoms with Crippen LogP contribution in [-0.2, 0) is 4.79 Å². The second kappa shape index (κ2) is 7.41. The summed E-state index contributed by atoms with van der Waals surface area (Å²) in [4.78, 5) is 42.8. The van der Waals surface area contributed by atoms with Crippen LogP contribution in [0, 0.1) is 13.8 Å². The summed E-state index contributed by atoms with van der Waals surface area (Å²) in [6.45, 7) is 3.63. The number of anilines is 1. The van der Waals surface area contributed by atoms with E-state index in [4.69, 9.17) is 0 Å². The second-order valence-electron chi connectivity index (χ2n) is 6.38.